The van der Waals surface area contributed by atoms with E-state index >= 15 is 0 Å². The maximum Gasteiger partial charge on any atom is 0.153 e. The average molecular weight is 218 g/mol. The predicted octanol–water partition coefficient (Wildman–Crippen LogP) is 1.61. The molecule has 2 N–H and O–H groups in total. The zero-order valence-corrected chi connectivity index (χ0v) is 9.27. The number of hydrogen-bond acceptors (Lipinski definition) is 3. The third-order valence-corrected chi connectivity index (χ3v) is 2.71. The quantitative estimate of drug-likeness (QED) is 0.818. The Morgan fingerprint density at radius 1 is 1.06 bits per heavy atom. The average Bonchev–Trinajstić information content (AvgIpc) is 2.97. The minimum absolute atomic E-state index is 0.102. The first kappa shape index (κ1) is 10.6. The van der Waals surface area contributed by atoms with Crippen molar-refractivity contribution in [1.82, 2.24) is 19.9 Å². The van der Waals surface area contributed by atoms with Crippen LogP contribution in [0.5, 0.6) is 0 Å². The molecular formula is C11H14N4O. The molecule has 5 nitrogen and oxygen atoms in total. The second-order valence-corrected chi connectivity index (χ2v) is 3.79. The summed E-state index contributed by atoms with van der Waals surface area (Å²) < 4.78 is 0. The van der Waals surface area contributed by atoms with Gasteiger partial charge in [-0.1, -0.05) is 0 Å². The van der Waals surface area contributed by atoms with Crippen molar-refractivity contribution < 1.29 is 4.79 Å². The Balaban J connectivity index is 2.14. The standard InChI is InChI=1S/C11H14N4O/c1-7(10-12-3-4-13-10)9(16)8(2)11-14-5-6-15-11/h3-8H,1-2H3,(H,12,13)(H,14,15). The first-order valence-electron chi connectivity index (χ1n) is 5.22. The number of rotatable bonds is 4. The second kappa shape index (κ2) is 4.30. The monoisotopic (exact) mass is 218 g/mol. The highest BCUT2D eigenvalue weighted by Gasteiger charge is 2.25. The fourth-order valence-corrected chi connectivity index (χ4v) is 1.67. The molecular weight excluding hydrogens is 204 g/mol. The fraction of sp³-hybridized carbons (Fsp3) is 0.364. The molecule has 2 rings (SSSR count). The van der Waals surface area contributed by atoms with Crippen molar-refractivity contribution in [3.63, 3.8) is 0 Å². The molecule has 0 aliphatic rings. The number of aromatic amines is 2. The summed E-state index contributed by atoms with van der Waals surface area (Å²) in [5.74, 6) is 1.02. The van der Waals surface area contributed by atoms with Gasteiger partial charge in [-0.15, -0.1) is 0 Å². The van der Waals surface area contributed by atoms with E-state index in [-0.39, 0.29) is 17.6 Å². The SMILES string of the molecule is CC(C(=O)C(C)c1ncc[nH]1)c1ncc[nH]1. The Labute approximate surface area is 93.3 Å². The van der Waals surface area contributed by atoms with Crippen LogP contribution >= 0.6 is 0 Å². The van der Waals surface area contributed by atoms with Crippen LogP contribution in [0.15, 0.2) is 24.8 Å². The molecule has 0 aromatic carbocycles. The first-order valence-corrected chi connectivity index (χ1v) is 5.22. The number of nitrogens with zero attached hydrogens (tertiary/aromatic N) is 2. The van der Waals surface area contributed by atoms with Crippen LogP contribution in [0.3, 0.4) is 0 Å². The molecule has 0 spiro atoms. The lowest BCUT2D eigenvalue weighted by Gasteiger charge is -2.12. The largest absolute Gasteiger partial charge is 0.348 e. The first-order chi connectivity index (χ1) is 7.70. The molecule has 2 heterocycles. The van der Waals surface area contributed by atoms with Gasteiger partial charge in [-0.2, -0.15) is 0 Å². The highest BCUT2D eigenvalue weighted by Crippen LogP contribution is 2.21. The Morgan fingerprint density at radius 2 is 1.50 bits per heavy atom. The molecule has 0 aliphatic carbocycles. The summed E-state index contributed by atoms with van der Waals surface area (Å²) in [5, 5.41) is 0. The third kappa shape index (κ3) is 1.88. The van der Waals surface area contributed by atoms with E-state index in [1.54, 1.807) is 24.8 Å². The van der Waals surface area contributed by atoms with E-state index in [0.29, 0.717) is 11.6 Å². The van der Waals surface area contributed by atoms with Gasteiger partial charge in [-0.25, -0.2) is 9.97 Å². The van der Waals surface area contributed by atoms with Crippen molar-refractivity contribution in [3.05, 3.63) is 36.4 Å². The smallest absolute Gasteiger partial charge is 0.153 e. The molecule has 84 valence electrons. The van der Waals surface area contributed by atoms with Crippen molar-refractivity contribution >= 4 is 5.78 Å². The lowest BCUT2D eigenvalue weighted by molar-refractivity contribution is -0.121. The molecule has 0 fully saturated rings. The van der Waals surface area contributed by atoms with Crippen molar-refractivity contribution in [2.75, 3.05) is 0 Å². The van der Waals surface area contributed by atoms with Crippen LogP contribution in [0, 0.1) is 0 Å². The van der Waals surface area contributed by atoms with Gasteiger partial charge in [0.25, 0.3) is 0 Å². The number of carbonyl (C=O) groups excluding carboxylic acids is 1. The van der Waals surface area contributed by atoms with Crippen LogP contribution in [0.4, 0.5) is 0 Å². The van der Waals surface area contributed by atoms with Crippen LogP contribution < -0.4 is 0 Å². The Hall–Kier alpha value is -1.91. The fourth-order valence-electron chi connectivity index (χ4n) is 1.67. The molecule has 0 bridgehead atoms. The number of H-pyrrole nitrogens is 2. The summed E-state index contributed by atoms with van der Waals surface area (Å²) in [6.07, 6.45) is 6.74. The van der Waals surface area contributed by atoms with E-state index in [2.05, 4.69) is 19.9 Å². The van der Waals surface area contributed by atoms with Crippen molar-refractivity contribution in [1.29, 1.82) is 0 Å². The minimum atomic E-state index is -0.241. The molecule has 0 saturated carbocycles. The molecule has 0 aliphatic heterocycles. The van der Waals surface area contributed by atoms with Crippen molar-refractivity contribution in [3.8, 4) is 0 Å². The topological polar surface area (TPSA) is 74.4 Å². The van der Waals surface area contributed by atoms with Crippen molar-refractivity contribution in [2.45, 2.75) is 25.7 Å². The number of imidazole rings is 2. The molecule has 2 aromatic rings. The summed E-state index contributed by atoms with van der Waals surface area (Å²) in [4.78, 5) is 26.2. The molecule has 2 aromatic heterocycles. The Kier molecular flexibility index (Phi) is 2.85. The maximum atomic E-state index is 12.1. The van der Waals surface area contributed by atoms with Gasteiger partial charge < -0.3 is 9.97 Å². The van der Waals surface area contributed by atoms with Crippen LogP contribution in [0.2, 0.25) is 0 Å². The predicted molar refractivity (Wildman–Crippen MR) is 59.0 cm³/mol. The normalized spacial score (nSPS) is 14.6. The van der Waals surface area contributed by atoms with Gasteiger partial charge in [0.2, 0.25) is 0 Å². The van der Waals surface area contributed by atoms with E-state index in [9.17, 15) is 4.79 Å². The minimum Gasteiger partial charge on any atom is -0.348 e. The third-order valence-electron chi connectivity index (χ3n) is 2.71. The lowest BCUT2D eigenvalue weighted by atomic mass is 9.94. The lowest BCUT2D eigenvalue weighted by Crippen LogP contribution is -2.18. The second-order valence-electron chi connectivity index (χ2n) is 3.79. The van der Waals surface area contributed by atoms with E-state index in [1.165, 1.54) is 0 Å². The summed E-state index contributed by atoms with van der Waals surface area (Å²) >= 11 is 0. The van der Waals surface area contributed by atoms with Gasteiger partial charge >= 0.3 is 0 Å². The number of ketones is 1. The summed E-state index contributed by atoms with van der Waals surface area (Å²) in [6.45, 7) is 3.70. The number of aromatic nitrogens is 4. The van der Waals surface area contributed by atoms with E-state index in [1.807, 2.05) is 13.8 Å². The van der Waals surface area contributed by atoms with Gasteiger partial charge in [0.1, 0.15) is 11.6 Å². The zero-order valence-electron chi connectivity index (χ0n) is 9.27. The van der Waals surface area contributed by atoms with Crippen LogP contribution in [0.1, 0.15) is 37.3 Å². The van der Waals surface area contributed by atoms with E-state index in [0.717, 1.165) is 0 Å². The van der Waals surface area contributed by atoms with Crippen LogP contribution in [-0.4, -0.2) is 25.7 Å². The molecule has 16 heavy (non-hydrogen) atoms. The molecule has 0 amide bonds. The molecule has 0 radical (unpaired) electrons. The number of nitrogens with one attached hydrogen (secondary N) is 2. The number of Topliss-reactive ketones (excluding diaryl/α,β-unsaturated/α-hetero) is 1. The molecule has 2 unspecified atom stereocenters. The van der Waals surface area contributed by atoms with E-state index in [4.69, 9.17) is 0 Å². The van der Waals surface area contributed by atoms with E-state index < -0.39 is 0 Å². The van der Waals surface area contributed by atoms with Gasteiger partial charge in [0.15, 0.2) is 5.78 Å². The van der Waals surface area contributed by atoms with Gasteiger partial charge in [-0.3, -0.25) is 4.79 Å². The number of carbonyl (C=O) groups is 1. The van der Waals surface area contributed by atoms with Gasteiger partial charge in [0, 0.05) is 24.8 Å². The molecule has 2 atom stereocenters. The highest BCUT2D eigenvalue weighted by atomic mass is 16.1. The summed E-state index contributed by atoms with van der Waals surface area (Å²) in [7, 11) is 0. The van der Waals surface area contributed by atoms with Gasteiger partial charge in [0.05, 0.1) is 11.8 Å². The molecule has 5 heteroatoms. The number of hydrogen-bond donors (Lipinski definition) is 2. The maximum absolute atomic E-state index is 12.1. The summed E-state index contributed by atoms with van der Waals surface area (Å²) in [5.41, 5.74) is 0. The Morgan fingerprint density at radius 3 is 1.81 bits per heavy atom. The van der Waals surface area contributed by atoms with Crippen LogP contribution in [-0.2, 0) is 4.79 Å². The highest BCUT2D eigenvalue weighted by molar-refractivity contribution is 5.89. The zero-order chi connectivity index (χ0) is 11.5. The van der Waals surface area contributed by atoms with Gasteiger partial charge in [-0.05, 0) is 13.8 Å². The van der Waals surface area contributed by atoms with Crippen LogP contribution in [0.25, 0.3) is 0 Å². The summed E-state index contributed by atoms with van der Waals surface area (Å²) in [6, 6.07) is 0. The Bertz CT molecular complexity index is 404. The van der Waals surface area contributed by atoms with Crippen molar-refractivity contribution in [2.24, 2.45) is 0 Å². The molecule has 0 saturated heterocycles.